The van der Waals surface area contributed by atoms with Crippen LogP contribution in [0.2, 0.25) is 5.02 Å². The van der Waals surface area contributed by atoms with Gasteiger partial charge in [0.25, 0.3) is 5.91 Å². The second-order valence-corrected chi connectivity index (χ2v) is 5.59. The lowest BCUT2D eigenvalue weighted by molar-refractivity contribution is -0.118. The zero-order valence-electron chi connectivity index (χ0n) is 14.5. The quantitative estimate of drug-likeness (QED) is 0.810. The third-order valence-corrected chi connectivity index (χ3v) is 3.68. The maximum atomic E-state index is 12.1. The van der Waals surface area contributed by atoms with Crippen molar-refractivity contribution in [2.45, 2.75) is 6.92 Å². The number of aryl methyl sites for hydroxylation is 1. The molecular weight excluding hydrogens is 346 g/mol. The number of halogens is 1. The fourth-order valence-electron chi connectivity index (χ4n) is 2.23. The molecule has 0 atom stereocenters. The van der Waals surface area contributed by atoms with Crippen molar-refractivity contribution in [3.8, 4) is 23.0 Å². The van der Waals surface area contributed by atoms with Gasteiger partial charge in [0.05, 0.1) is 26.4 Å². The Hall–Kier alpha value is -2.60. The Bertz CT molecular complexity index is 738. The highest BCUT2D eigenvalue weighted by atomic mass is 35.5. The fraction of sp³-hybridized carbons (Fsp3) is 0.278. The summed E-state index contributed by atoms with van der Waals surface area (Å²) in [4.78, 5) is 12.1. The van der Waals surface area contributed by atoms with Crippen LogP contribution in [-0.4, -0.2) is 33.8 Å². The van der Waals surface area contributed by atoms with Crippen LogP contribution >= 0.6 is 11.6 Å². The van der Waals surface area contributed by atoms with Gasteiger partial charge in [0.1, 0.15) is 5.75 Å². The molecule has 0 spiro atoms. The first-order valence-corrected chi connectivity index (χ1v) is 7.85. The average Bonchev–Trinajstić information content (AvgIpc) is 2.59. The fourth-order valence-corrected chi connectivity index (χ4v) is 2.49. The topological polar surface area (TPSA) is 66.0 Å². The van der Waals surface area contributed by atoms with Crippen LogP contribution in [0.5, 0.6) is 23.0 Å². The third kappa shape index (κ3) is 4.70. The molecule has 1 N–H and O–H groups in total. The SMILES string of the molecule is COc1ccc(NC(=O)COc2c(OC)cc(C)cc2OC)cc1Cl. The Kier molecular flexibility index (Phi) is 6.36. The van der Waals surface area contributed by atoms with E-state index in [1.54, 1.807) is 30.3 Å². The van der Waals surface area contributed by atoms with Gasteiger partial charge in [-0.25, -0.2) is 0 Å². The summed E-state index contributed by atoms with van der Waals surface area (Å²) in [5, 5.41) is 3.11. The molecule has 2 aromatic carbocycles. The molecule has 0 unspecified atom stereocenters. The van der Waals surface area contributed by atoms with E-state index in [1.165, 1.54) is 21.3 Å². The highest BCUT2D eigenvalue weighted by Crippen LogP contribution is 2.38. The van der Waals surface area contributed by atoms with Crippen LogP contribution in [0.15, 0.2) is 30.3 Å². The molecule has 6 nitrogen and oxygen atoms in total. The van der Waals surface area contributed by atoms with Crippen LogP contribution in [0.25, 0.3) is 0 Å². The lowest BCUT2D eigenvalue weighted by Crippen LogP contribution is -2.20. The zero-order valence-corrected chi connectivity index (χ0v) is 15.3. The van der Waals surface area contributed by atoms with Gasteiger partial charge in [0.15, 0.2) is 18.1 Å². The van der Waals surface area contributed by atoms with Gasteiger partial charge in [0.2, 0.25) is 5.75 Å². The molecule has 0 aliphatic heterocycles. The Morgan fingerprint density at radius 2 is 1.60 bits per heavy atom. The van der Waals surface area contributed by atoms with Crippen molar-refractivity contribution in [3.63, 3.8) is 0 Å². The smallest absolute Gasteiger partial charge is 0.262 e. The van der Waals surface area contributed by atoms with E-state index in [0.717, 1.165) is 5.56 Å². The van der Waals surface area contributed by atoms with E-state index in [4.69, 9.17) is 30.5 Å². The number of hydrogen-bond acceptors (Lipinski definition) is 5. The highest BCUT2D eigenvalue weighted by molar-refractivity contribution is 6.32. The summed E-state index contributed by atoms with van der Waals surface area (Å²) in [7, 11) is 4.58. The van der Waals surface area contributed by atoms with Gasteiger partial charge in [-0.05, 0) is 42.8 Å². The van der Waals surface area contributed by atoms with E-state index in [1.807, 2.05) is 6.92 Å². The molecule has 2 rings (SSSR count). The summed E-state index contributed by atoms with van der Waals surface area (Å²) in [6.45, 7) is 1.70. The van der Waals surface area contributed by atoms with Gasteiger partial charge < -0.3 is 24.3 Å². The van der Waals surface area contributed by atoms with Gasteiger partial charge in [-0.3, -0.25) is 4.79 Å². The molecule has 0 aliphatic rings. The van der Waals surface area contributed by atoms with E-state index in [-0.39, 0.29) is 12.5 Å². The van der Waals surface area contributed by atoms with Gasteiger partial charge >= 0.3 is 0 Å². The van der Waals surface area contributed by atoms with Crippen molar-refractivity contribution in [1.29, 1.82) is 0 Å². The summed E-state index contributed by atoms with van der Waals surface area (Å²) in [6, 6.07) is 8.57. The predicted octanol–water partition coefficient (Wildman–Crippen LogP) is 3.69. The number of ether oxygens (including phenoxy) is 4. The number of carbonyl (C=O) groups excluding carboxylic acids is 1. The number of carbonyl (C=O) groups is 1. The van der Waals surface area contributed by atoms with E-state index < -0.39 is 0 Å². The molecule has 134 valence electrons. The van der Waals surface area contributed by atoms with Crippen molar-refractivity contribution < 1.29 is 23.7 Å². The van der Waals surface area contributed by atoms with Gasteiger partial charge in [-0.2, -0.15) is 0 Å². The predicted molar refractivity (Wildman–Crippen MR) is 96.4 cm³/mol. The largest absolute Gasteiger partial charge is 0.495 e. The zero-order chi connectivity index (χ0) is 18.4. The first-order valence-electron chi connectivity index (χ1n) is 7.47. The molecule has 0 saturated carbocycles. The molecule has 7 heteroatoms. The van der Waals surface area contributed by atoms with E-state index in [0.29, 0.717) is 33.7 Å². The van der Waals surface area contributed by atoms with Crippen LogP contribution in [0.1, 0.15) is 5.56 Å². The number of benzene rings is 2. The number of rotatable bonds is 7. The Balaban J connectivity index is 2.06. The molecule has 0 aliphatic carbocycles. The Morgan fingerprint density at radius 3 is 2.12 bits per heavy atom. The first kappa shape index (κ1) is 18.7. The highest BCUT2D eigenvalue weighted by Gasteiger charge is 2.15. The van der Waals surface area contributed by atoms with Crippen LogP contribution in [0, 0.1) is 6.92 Å². The monoisotopic (exact) mass is 365 g/mol. The van der Waals surface area contributed by atoms with Crippen molar-refractivity contribution in [1.82, 2.24) is 0 Å². The minimum absolute atomic E-state index is 0.209. The number of methoxy groups -OCH3 is 3. The van der Waals surface area contributed by atoms with Crippen LogP contribution in [0.4, 0.5) is 5.69 Å². The third-order valence-electron chi connectivity index (χ3n) is 3.39. The Morgan fingerprint density at radius 1 is 1.00 bits per heavy atom. The number of anilines is 1. The van der Waals surface area contributed by atoms with Crippen molar-refractivity contribution in [2.75, 3.05) is 33.3 Å². The number of hydrogen-bond donors (Lipinski definition) is 1. The molecule has 0 heterocycles. The minimum Gasteiger partial charge on any atom is -0.495 e. The summed E-state index contributed by atoms with van der Waals surface area (Å²) in [5.74, 6) is 1.56. The summed E-state index contributed by atoms with van der Waals surface area (Å²) >= 11 is 6.04. The number of nitrogens with one attached hydrogen (secondary N) is 1. The molecule has 2 aromatic rings. The molecule has 0 aromatic heterocycles. The van der Waals surface area contributed by atoms with E-state index in [2.05, 4.69) is 5.32 Å². The molecule has 0 saturated heterocycles. The molecule has 0 fully saturated rings. The summed E-state index contributed by atoms with van der Waals surface area (Å²) < 4.78 is 21.3. The lowest BCUT2D eigenvalue weighted by atomic mass is 10.2. The van der Waals surface area contributed by atoms with Crippen LogP contribution < -0.4 is 24.3 Å². The molecular formula is C18H20ClNO5. The maximum absolute atomic E-state index is 12.1. The van der Waals surface area contributed by atoms with Crippen LogP contribution in [-0.2, 0) is 4.79 Å². The minimum atomic E-state index is -0.342. The van der Waals surface area contributed by atoms with Crippen LogP contribution in [0.3, 0.4) is 0 Å². The second-order valence-electron chi connectivity index (χ2n) is 5.18. The average molecular weight is 366 g/mol. The lowest BCUT2D eigenvalue weighted by Gasteiger charge is -2.15. The van der Waals surface area contributed by atoms with E-state index >= 15 is 0 Å². The van der Waals surface area contributed by atoms with E-state index in [9.17, 15) is 4.79 Å². The first-order chi connectivity index (χ1) is 12.0. The molecule has 1 amide bonds. The van der Waals surface area contributed by atoms with Gasteiger partial charge in [-0.15, -0.1) is 0 Å². The second kappa shape index (κ2) is 8.48. The van der Waals surface area contributed by atoms with Gasteiger partial charge in [0, 0.05) is 5.69 Å². The summed E-state index contributed by atoms with van der Waals surface area (Å²) in [6.07, 6.45) is 0. The van der Waals surface area contributed by atoms with Crippen molar-refractivity contribution >= 4 is 23.2 Å². The summed E-state index contributed by atoms with van der Waals surface area (Å²) in [5.41, 5.74) is 1.50. The van der Waals surface area contributed by atoms with Crippen molar-refractivity contribution in [2.24, 2.45) is 0 Å². The maximum Gasteiger partial charge on any atom is 0.262 e. The standard InChI is InChI=1S/C18H20ClNO5/c1-11-7-15(23-3)18(16(8-11)24-4)25-10-17(21)20-12-5-6-14(22-2)13(19)9-12/h5-9H,10H2,1-4H3,(H,20,21). The number of amides is 1. The molecule has 25 heavy (non-hydrogen) atoms. The Labute approximate surface area is 151 Å². The van der Waals surface area contributed by atoms with Crippen molar-refractivity contribution in [3.05, 3.63) is 40.9 Å². The van der Waals surface area contributed by atoms with Gasteiger partial charge in [-0.1, -0.05) is 11.6 Å². The molecule has 0 radical (unpaired) electrons. The normalized spacial score (nSPS) is 10.1. The molecule has 0 bridgehead atoms.